The van der Waals surface area contributed by atoms with Crippen LogP contribution < -0.4 is 5.32 Å². The van der Waals surface area contributed by atoms with Crippen LogP contribution in [0.1, 0.15) is 44.5 Å². The minimum absolute atomic E-state index is 0.0921. The summed E-state index contributed by atoms with van der Waals surface area (Å²) in [6, 6.07) is 7.36. The topological polar surface area (TPSA) is 51.2 Å². The van der Waals surface area contributed by atoms with E-state index in [4.69, 9.17) is 4.74 Å². The van der Waals surface area contributed by atoms with Gasteiger partial charge in [0.05, 0.1) is 23.4 Å². The van der Waals surface area contributed by atoms with Crippen molar-refractivity contribution in [2.45, 2.75) is 33.4 Å². The van der Waals surface area contributed by atoms with Gasteiger partial charge in [-0.2, -0.15) is 0 Å². The van der Waals surface area contributed by atoms with Crippen LogP contribution in [0.5, 0.6) is 0 Å². The van der Waals surface area contributed by atoms with E-state index >= 15 is 0 Å². The number of ether oxygens (including phenoxy) is 1. The van der Waals surface area contributed by atoms with E-state index in [2.05, 4.69) is 10.3 Å². The summed E-state index contributed by atoms with van der Waals surface area (Å²) in [5, 5.41) is 4.02. The number of amides is 1. The largest absolute Gasteiger partial charge is 0.380 e. The Kier molecular flexibility index (Phi) is 5.09. The highest BCUT2D eigenvalue weighted by Crippen LogP contribution is 2.22. The second kappa shape index (κ2) is 6.83. The molecule has 2 rings (SSSR count). The molecule has 0 radical (unpaired) electrons. The predicted molar refractivity (Wildman–Crippen MR) is 84.6 cm³/mol. The molecule has 1 aromatic carbocycles. The number of rotatable bonds is 5. The van der Waals surface area contributed by atoms with Gasteiger partial charge in [-0.25, -0.2) is 4.98 Å². The maximum Gasteiger partial charge on any atom is 0.251 e. The SMILES string of the molecule is COCc1cccc(C(=O)NC(C)c2nc(C)sc2C)c1. The molecule has 1 heterocycles. The molecule has 0 saturated carbocycles. The minimum Gasteiger partial charge on any atom is -0.380 e. The fourth-order valence-corrected chi connectivity index (χ4v) is 3.18. The molecule has 5 heteroatoms. The Morgan fingerprint density at radius 1 is 1.43 bits per heavy atom. The summed E-state index contributed by atoms with van der Waals surface area (Å²) in [4.78, 5) is 18.0. The van der Waals surface area contributed by atoms with Crippen LogP contribution in [0.4, 0.5) is 0 Å². The molecule has 0 aliphatic rings. The first kappa shape index (κ1) is 15.7. The van der Waals surface area contributed by atoms with Gasteiger partial charge in [0, 0.05) is 17.6 Å². The van der Waals surface area contributed by atoms with E-state index in [1.54, 1.807) is 24.5 Å². The Bertz CT molecular complexity index is 637. The summed E-state index contributed by atoms with van der Waals surface area (Å²) in [5.74, 6) is -0.0921. The van der Waals surface area contributed by atoms with E-state index in [1.807, 2.05) is 39.0 Å². The third kappa shape index (κ3) is 3.89. The molecule has 1 aromatic heterocycles. The molecule has 0 spiro atoms. The van der Waals surface area contributed by atoms with Gasteiger partial charge in [0.15, 0.2) is 0 Å². The van der Waals surface area contributed by atoms with Crippen LogP contribution >= 0.6 is 11.3 Å². The van der Waals surface area contributed by atoms with Crippen molar-refractivity contribution in [2.24, 2.45) is 0 Å². The van der Waals surface area contributed by atoms with Crippen LogP contribution in [0.3, 0.4) is 0 Å². The van der Waals surface area contributed by atoms with Gasteiger partial charge in [0.25, 0.3) is 5.91 Å². The number of thiazole rings is 1. The van der Waals surface area contributed by atoms with Gasteiger partial charge in [-0.3, -0.25) is 4.79 Å². The zero-order valence-electron chi connectivity index (χ0n) is 12.8. The first-order chi connectivity index (χ1) is 10.0. The molecule has 0 aliphatic heterocycles. The normalized spacial score (nSPS) is 12.2. The standard InChI is InChI=1S/C16H20N2O2S/c1-10(15-11(2)21-12(3)18-15)17-16(19)14-7-5-6-13(8-14)9-20-4/h5-8,10H,9H2,1-4H3,(H,17,19). The summed E-state index contributed by atoms with van der Waals surface area (Å²) in [7, 11) is 1.64. The van der Waals surface area contributed by atoms with Crippen LogP contribution in [0.25, 0.3) is 0 Å². The number of benzene rings is 1. The zero-order chi connectivity index (χ0) is 15.4. The Morgan fingerprint density at radius 3 is 2.81 bits per heavy atom. The predicted octanol–water partition coefficient (Wildman–Crippen LogP) is 3.40. The van der Waals surface area contributed by atoms with E-state index in [0.29, 0.717) is 12.2 Å². The van der Waals surface area contributed by atoms with Gasteiger partial charge in [0.1, 0.15) is 0 Å². The van der Waals surface area contributed by atoms with Crippen molar-refractivity contribution >= 4 is 17.2 Å². The molecule has 0 saturated heterocycles. The molecular weight excluding hydrogens is 284 g/mol. The summed E-state index contributed by atoms with van der Waals surface area (Å²) >= 11 is 1.65. The third-order valence-electron chi connectivity index (χ3n) is 3.20. The third-order valence-corrected chi connectivity index (χ3v) is 4.10. The molecular formula is C16H20N2O2S. The molecule has 112 valence electrons. The average molecular weight is 304 g/mol. The molecule has 0 bridgehead atoms. The lowest BCUT2D eigenvalue weighted by molar-refractivity contribution is 0.0939. The fraction of sp³-hybridized carbons (Fsp3) is 0.375. The highest BCUT2D eigenvalue weighted by molar-refractivity contribution is 7.11. The fourth-order valence-electron chi connectivity index (χ4n) is 2.26. The highest BCUT2D eigenvalue weighted by atomic mass is 32.1. The lowest BCUT2D eigenvalue weighted by Crippen LogP contribution is -2.27. The number of carbonyl (C=O) groups excluding carboxylic acids is 1. The summed E-state index contributed by atoms with van der Waals surface area (Å²) < 4.78 is 5.09. The Hall–Kier alpha value is -1.72. The van der Waals surface area contributed by atoms with Gasteiger partial charge in [-0.15, -0.1) is 11.3 Å². The zero-order valence-corrected chi connectivity index (χ0v) is 13.6. The molecule has 0 fully saturated rings. The number of methoxy groups -OCH3 is 1. The van der Waals surface area contributed by atoms with E-state index in [1.165, 1.54) is 0 Å². The van der Waals surface area contributed by atoms with Crippen LogP contribution in [0.15, 0.2) is 24.3 Å². The molecule has 1 amide bonds. The summed E-state index contributed by atoms with van der Waals surface area (Å²) in [6.07, 6.45) is 0. The van der Waals surface area contributed by atoms with Crippen LogP contribution in [-0.2, 0) is 11.3 Å². The number of nitrogens with zero attached hydrogens (tertiary/aromatic N) is 1. The number of hydrogen-bond acceptors (Lipinski definition) is 4. The maximum atomic E-state index is 12.3. The monoisotopic (exact) mass is 304 g/mol. The van der Waals surface area contributed by atoms with Crippen molar-refractivity contribution in [1.29, 1.82) is 0 Å². The molecule has 2 aromatic rings. The number of aryl methyl sites for hydroxylation is 2. The maximum absolute atomic E-state index is 12.3. The molecule has 4 nitrogen and oxygen atoms in total. The lowest BCUT2D eigenvalue weighted by atomic mass is 10.1. The molecule has 1 atom stereocenters. The Balaban J connectivity index is 2.10. The van der Waals surface area contributed by atoms with E-state index in [9.17, 15) is 4.79 Å². The molecule has 21 heavy (non-hydrogen) atoms. The van der Waals surface area contributed by atoms with Gasteiger partial charge in [-0.1, -0.05) is 12.1 Å². The number of nitrogens with one attached hydrogen (secondary N) is 1. The first-order valence-electron chi connectivity index (χ1n) is 6.84. The lowest BCUT2D eigenvalue weighted by Gasteiger charge is -2.13. The average Bonchev–Trinajstić information content (AvgIpc) is 2.78. The van der Waals surface area contributed by atoms with Crippen molar-refractivity contribution in [2.75, 3.05) is 7.11 Å². The second-order valence-electron chi connectivity index (χ2n) is 5.00. The van der Waals surface area contributed by atoms with Gasteiger partial charge in [-0.05, 0) is 38.5 Å². The van der Waals surface area contributed by atoms with Crippen molar-refractivity contribution in [3.8, 4) is 0 Å². The molecule has 0 aliphatic carbocycles. The van der Waals surface area contributed by atoms with Crippen molar-refractivity contribution in [1.82, 2.24) is 10.3 Å². The Labute approximate surface area is 129 Å². The van der Waals surface area contributed by atoms with E-state index < -0.39 is 0 Å². The van der Waals surface area contributed by atoms with Crippen LogP contribution in [0, 0.1) is 13.8 Å². The van der Waals surface area contributed by atoms with Gasteiger partial charge < -0.3 is 10.1 Å². The smallest absolute Gasteiger partial charge is 0.251 e. The quantitative estimate of drug-likeness (QED) is 0.921. The number of carbonyl (C=O) groups is 1. The van der Waals surface area contributed by atoms with Gasteiger partial charge in [0.2, 0.25) is 0 Å². The van der Waals surface area contributed by atoms with Crippen LogP contribution in [0.2, 0.25) is 0 Å². The summed E-state index contributed by atoms with van der Waals surface area (Å²) in [5.41, 5.74) is 2.57. The summed E-state index contributed by atoms with van der Waals surface area (Å²) in [6.45, 7) is 6.46. The number of hydrogen-bond donors (Lipinski definition) is 1. The van der Waals surface area contributed by atoms with Gasteiger partial charge >= 0.3 is 0 Å². The first-order valence-corrected chi connectivity index (χ1v) is 7.65. The molecule has 1 N–H and O–H groups in total. The van der Waals surface area contributed by atoms with Crippen LogP contribution in [-0.4, -0.2) is 18.0 Å². The van der Waals surface area contributed by atoms with Crippen molar-refractivity contribution in [3.63, 3.8) is 0 Å². The van der Waals surface area contributed by atoms with Crippen molar-refractivity contribution in [3.05, 3.63) is 51.0 Å². The van der Waals surface area contributed by atoms with Crippen molar-refractivity contribution < 1.29 is 9.53 Å². The minimum atomic E-state index is -0.103. The number of aromatic nitrogens is 1. The molecule has 1 unspecified atom stereocenters. The highest BCUT2D eigenvalue weighted by Gasteiger charge is 2.16. The Morgan fingerprint density at radius 2 is 2.19 bits per heavy atom. The second-order valence-corrected chi connectivity index (χ2v) is 6.41. The van der Waals surface area contributed by atoms with E-state index in [-0.39, 0.29) is 11.9 Å². The van der Waals surface area contributed by atoms with E-state index in [0.717, 1.165) is 21.1 Å².